The van der Waals surface area contributed by atoms with Crippen molar-refractivity contribution in [1.82, 2.24) is 5.32 Å². The SMILES string of the molecule is CC(C)(C)OC(=O)NCC#Cc1ccc(CCO)cc1. The normalized spacial score (nSPS) is 10.4. The van der Waals surface area contributed by atoms with Crippen molar-refractivity contribution in [3.63, 3.8) is 0 Å². The molecule has 0 saturated heterocycles. The highest BCUT2D eigenvalue weighted by atomic mass is 16.6. The zero-order valence-corrected chi connectivity index (χ0v) is 12.2. The average molecular weight is 275 g/mol. The van der Waals surface area contributed by atoms with Crippen LogP contribution in [-0.4, -0.2) is 30.0 Å². The molecule has 0 spiro atoms. The second-order valence-corrected chi connectivity index (χ2v) is 5.33. The summed E-state index contributed by atoms with van der Waals surface area (Å²) in [6.45, 7) is 5.82. The number of aliphatic hydroxyl groups is 1. The first-order valence-corrected chi connectivity index (χ1v) is 6.56. The Morgan fingerprint density at radius 2 is 1.95 bits per heavy atom. The molecule has 4 nitrogen and oxygen atoms in total. The molecule has 4 heteroatoms. The summed E-state index contributed by atoms with van der Waals surface area (Å²) in [4.78, 5) is 11.4. The summed E-state index contributed by atoms with van der Waals surface area (Å²) in [5, 5.41) is 11.4. The maximum atomic E-state index is 11.4. The first kappa shape index (κ1) is 16.1. The lowest BCUT2D eigenvalue weighted by molar-refractivity contribution is 0.0535. The number of nitrogens with one attached hydrogen (secondary N) is 1. The van der Waals surface area contributed by atoms with Gasteiger partial charge in [-0.15, -0.1) is 0 Å². The molecule has 20 heavy (non-hydrogen) atoms. The Balaban J connectivity index is 2.41. The third kappa shape index (κ3) is 6.81. The molecule has 0 aliphatic carbocycles. The van der Waals surface area contributed by atoms with Crippen molar-refractivity contribution in [3.8, 4) is 11.8 Å². The molecule has 1 aromatic carbocycles. The van der Waals surface area contributed by atoms with E-state index in [-0.39, 0.29) is 13.2 Å². The van der Waals surface area contributed by atoms with E-state index < -0.39 is 11.7 Å². The fourth-order valence-corrected chi connectivity index (χ4v) is 1.46. The molecule has 0 radical (unpaired) electrons. The van der Waals surface area contributed by atoms with Crippen molar-refractivity contribution in [1.29, 1.82) is 0 Å². The maximum Gasteiger partial charge on any atom is 0.408 e. The van der Waals surface area contributed by atoms with Gasteiger partial charge in [0.2, 0.25) is 0 Å². The molecule has 0 aliphatic rings. The molecule has 0 aromatic heterocycles. The lowest BCUT2D eigenvalue weighted by Crippen LogP contribution is -2.32. The van der Waals surface area contributed by atoms with E-state index in [0.717, 1.165) is 11.1 Å². The third-order valence-electron chi connectivity index (χ3n) is 2.31. The molecule has 0 atom stereocenters. The van der Waals surface area contributed by atoms with Crippen molar-refractivity contribution in [2.45, 2.75) is 32.8 Å². The molecule has 0 aliphatic heterocycles. The van der Waals surface area contributed by atoms with E-state index in [1.54, 1.807) is 0 Å². The molecular formula is C16H21NO3. The number of ether oxygens (including phenoxy) is 1. The molecule has 0 unspecified atom stereocenters. The number of benzene rings is 1. The van der Waals surface area contributed by atoms with Crippen LogP contribution in [0.2, 0.25) is 0 Å². The molecule has 1 rings (SSSR count). The highest BCUT2D eigenvalue weighted by Crippen LogP contribution is 2.06. The third-order valence-corrected chi connectivity index (χ3v) is 2.31. The molecule has 0 saturated carbocycles. The molecule has 0 bridgehead atoms. The molecule has 1 aromatic rings. The van der Waals surface area contributed by atoms with E-state index in [1.165, 1.54) is 0 Å². The highest BCUT2D eigenvalue weighted by Gasteiger charge is 2.14. The van der Waals surface area contributed by atoms with Crippen LogP contribution in [0, 0.1) is 11.8 Å². The fourth-order valence-electron chi connectivity index (χ4n) is 1.46. The molecule has 1 amide bonds. The van der Waals surface area contributed by atoms with Gasteiger partial charge in [-0.05, 0) is 44.9 Å². The van der Waals surface area contributed by atoms with Gasteiger partial charge in [0, 0.05) is 12.2 Å². The Morgan fingerprint density at radius 1 is 1.30 bits per heavy atom. The second-order valence-electron chi connectivity index (χ2n) is 5.33. The van der Waals surface area contributed by atoms with Crippen LogP contribution in [-0.2, 0) is 11.2 Å². The van der Waals surface area contributed by atoms with Crippen molar-refractivity contribution < 1.29 is 14.6 Å². The summed E-state index contributed by atoms with van der Waals surface area (Å²) >= 11 is 0. The van der Waals surface area contributed by atoms with Gasteiger partial charge in [-0.2, -0.15) is 0 Å². The van der Waals surface area contributed by atoms with Crippen molar-refractivity contribution in [3.05, 3.63) is 35.4 Å². The van der Waals surface area contributed by atoms with Crippen molar-refractivity contribution in [2.24, 2.45) is 0 Å². The van der Waals surface area contributed by atoms with Gasteiger partial charge in [-0.1, -0.05) is 24.0 Å². The standard InChI is InChI=1S/C16H21NO3/c1-16(2,3)20-15(19)17-11-4-5-13-6-8-14(9-7-13)10-12-18/h6-9,18H,10-12H2,1-3H3,(H,17,19). The van der Waals surface area contributed by atoms with Crippen molar-refractivity contribution >= 4 is 6.09 Å². The van der Waals surface area contributed by atoms with Crippen LogP contribution in [0.4, 0.5) is 4.79 Å². The number of rotatable bonds is 3. The first-order chi connectivity index (χ1) is 9.40. The van der Waals surface area contributed by atoms with Crippen molar-refractivity contribution in [2.75, 3.05) is 13.2 Å². The van der Waals surface area contributed by atoms with Crippen LogP contribution in [0.25, 0.3) is 0 Å². The van der Waals surface area contributed by atoms with Crippen LogP contribution in [0.15, 0.2) is 24.3 Å². The molecule has 2 N–H and O–H groups in total. The summed E-state index contributed by atoms with van der Waals surface area (Å²) in [6.07, 6.45) is 0.179. The Morgan fingerprint density at radius 3 is 2.50 bits per heavy atom. The lowest BCUT2D eigenvalue weighted by atomic mass is 10.1. The summed E-state index contributed by atoms with van der Waals surface area (Å²) in [6, 6.07) is 7.65. The number of hydrogen-bond acceptors (Lipinski definition) is 3. The van der Waals surface area contributed by atoms with E-state index in [0.29, 0.717) is 6.42 Å². The number of carbonyl (C=O) groups excluding carboxylic acids is 1. The van der Waals surface area contributed by atoms with Crippen LogP contribution < -0.4 is 5.32 Å². The molecule has 0 fully saturated rings. The highest BCUT2D eigenvalue weighted by molar-refractivity contribution is 5.68. The van der Waals surface area contributed by atoms with Gasteiger partial charge in [-0.25, -0.2) is 4.79 Å². The lowest BCUT2D eigenvalue weighted by Gasteiger charge is -2.18. The Labute approximate surface area is 120 Å². The fraction of sp³-hybridized carbons (Fsp3) is 0.438. The van der Waals surface area contributed by atoms with Gasteiger partial charge >= 0.3 is 6.09 Å². The second kappa shape index (κ2) is 7.56. The molecular weight excluding hydrogens is 254 g/mol. The van der Waals surface area contributed by atoms with E-state index in [1.807, 2.05) is 45.0 Å². The molecule has 108 valence electrons. The van der Waals surface area contributed by atoms with Crippen LogP contribution >= 0.6 is 0 Å². The topological polar surface area (TPSA) is 58.6 Å². The monoisotopic (exact) mass is 275 g/mol. The van der Waals surface area contributed by atoms with E-state index in [4.69, 9.17) is 9.84 Å². The van der Waals surface area contributed by atoms with E-state index in [2.05, 4.69) is 17.2 Å². The summed E-state index contributed by atoms with van der Waals surface area (Å²) in [5.74, 6) is 5.81. The number of hydrogen-bond donors (Lipinski definition) is 2. The van der Waals surface area contributed by atoms with E-state index >= 15 is 0 Å². The number of carbonyl (C=O) groups is 1. The Bertz CT molecular complexity index is 489. The van der Waals surface area contributed by atoms with Gasteiger partial charge in [-0.3, -0.25) is 0 Å². The zero-order chi connectivity index (χ0) is 15.0. The smallest absolute Gasteiger partial charge is 0.408 e. The predicted octanol–water partition coefficient (Wildman–Crippen LogP) is 2.10. The number of aliphatic hydroxyl groups excluding tert-OH is 1. The van der Waals surface area contributed by atoms with Gasteiger partial charge < -0.3 is 15.2 Å². The van der Waals surface area contributed by atoms with Crippen LogP contribution in [0.5, 0.6) is 0 Å². The van der Waals surface area contributed by atoms with Gasteiger partial charge in [0.1, 0.15) is 5.60 Å². The number of alkyl carbamates (subject to hydrolysis) is 1. The van der Waals surface area contributed by atoms with Crippen LogP contribution in [0.1, 0.15) is 31.9 Å². The summed E-state index contributed by atoms with van der Waals surface area (Å²) in [7, 11) is 0. The summed E-state index contributed by atoms with van der Waals surface area (Å²) in [5.41, 5.74) is 1.45. The number of amides is 1. The minimum absolute atomic E-state index is 0.144. The average Bonchev–Trinajstić information content (AvgIpc) is 2.35. The summed E-state index contributed by atoms with van der Waals surface area (Å²) < 4.78 is 5.09. The van der Waals surface area contributed by atoms with Gasteiger partial charge in [0.25, 0.3) is 0 Å². The van der Waals surface area contributed by atoms with Crippen LogP contribution in [0.3, 0.4) is 0 Å². The zero-order valence-electron chi connectivity index (χ0n) is 12.2. The Kier molecular flexibility index (Phi) is 6.08. The van der Waals surface area contributed by atoms with Gasteiger partial charge in [0.15, 0.2) is 0 Å². The quantitative estimate of drug-likeness (QED) is 0.831. The predicted molar refractivity (Wildman–Crippen MR) is 78.3 cm³/mol. The van der Waals surface area contributed by atoms with Gasteiger partial charge in [0.05, 0.1) is 6.54 Å². The maximum absolute atomic E-state index is 11.4. The van der Waals surface area contributed by atoms with E-state index in [9.17, 15) is 4.79 Å². The largest absolute Gasteiger partial charge is 0.444 e. The minimum Gasteiger partial charge on any atom is -0.444 e. The Hall–Kier alpha value is -1.99. The minimum atomic E-state index is -0.500. The first-order valence-electron chi connectivity index (χ1n) is 6.56. The molecule has 0 heterocycles.